The lowest BCUT2D eigenvalue weighted by Crippen LogP contribution is -1.99. The molecule has 0 saturated carbocycles. The molecule has 0 saturated heterocycles. The molecule has 12 heavy (non-hydrogen) atoms. The van der Waals surface area contributed by atoms with Crippen molar-refractivity contribution in [2.75, 3.05) is 5.73 Å². The summed E-state index contributed by atoms with van der Waals surface area (Å²) < 4.78 is 0.945. The zero-order chi connectivity index (χ0) is 9.14. The summed E-state index contributed by atoms with van der Waals surface area (Å²) in [6.07, 6.45) is 0.887. The molecule has 0 fully saturated rings. The highest BCUT2D eigenvalue weighted by atomic mass is 79.9. The zero-order valence-corrected chi connectivity index (χ0v) is 8.34. The van der Waals surface area contributed by atoms with Crippen LogP contribution in [-0.2, 0) is 4.79 Å². The van der Waals surface area contributed by atoms with Gasteiger partial charge >= 0.3 is 0 Å². The molecule has 0 heterocycles. The molecule has 0 aliphatic heterocycles. The van der Waals surface area contributed by atoms with Gasteiger partial charge < -0.3 is 10.5 Å². The molecular weight excluding hydrogens is 218 g/mol. The standard InChI is InChI=1S/C9H10BrNO/c1-6(5-12)8-4-7(10)2-3-9(8)11/h2-6H,11H2,1H3. The molecule has 1 atom stereocenters. The third kappa shape index (κ3) is 1.85. The van der Waals surface area contributed by atoms with Gasteiger partial charge in [0.1, 0.15) is 6.29 Å². The molecule has 2 N–H and O–H groups in total. The van der Waals surface area contributed by atoms with Crippen molar-refractivity contribution >= 4 is 27.9 Å². The Morgan fingerprint density at radius 1 is 1.58 bits per heavy atom. The van der Waals surface area contributed by atoms with Crippen molar-refractivity contribution in [1.82, 2.24) is 0 Å². The van der Waals surface area contributed by atoms with Gasteiger partial charge in [-0.05, 0) is 23.8 Å². The van der Waals surface area contributed by atoms with Gasteiger partial charge in [0.2, 0.25) is 0 Å². The molecular formula is C9H10BrNO. The predicted molar refractivity (Wildman–Crippen MR) is 53.0 cm³/mol. The van der Waals surface area contributed by atoms with E-state index in [1.54, 1.807) is 6.07 Å². The fourth-order valence-corrected chi connectivity index (χ4v) is 1.39. The van der Waals surface area contributed by atoms with Crippen LogP contribution < -0.4 is 5.73 Å². The van der Waals surface area contributed by atoms with E-state index in [-0.39, 0.29) is 5.92 Å². The first-order chi connectivity index (χ1) is 5.65. The molecule has 1 rings (SSSR count). The lowest BCUT2D eigenvalue weighted by atomic mass is 10.0. The van der Waals surface area contributed by atoms with E-state index in [2.05, 4.69) is 15.9 Å². The smallest absolute Gasteiger partial charge is 0.127 e. The maximum atomic E-state index is 10.5. The second-order valence-corrected chi connectivity index (χ2v) is 3.61. The Bertz CT molecular complexity index is 299. The molecule has 0 bridgehead atoms. The van der Waals surface area contributed by atoms with Crippen LogP contribution in [-0.4, -0.2) is 6.29 Å². The first-order valence-corrected chi connectivity index (χ1v) is 4.44. The molecule has 0 aliphatic carbocycles. The number of hydrogen-bond acceptors (Lipinski definition) is 2. The Balaban J connectivity index is 3.12. The highest BCUT2D eigenvalue weighted by Crippen LogP contribution is 2.24. The van der Waals surface area contributed by atoms with E-state index in [0.717, 1.165) is 16.3 Å². The van der Waals surface area contributed by atoms with E-state index >= 15 is 0 Å². The van der Waals surface area contributed by atoms with E-state index in [1.165, 1.54) is 0 Å². The van der Waals surface area contributed by atoms with E-state index in [1.807, 2.05) is 19.1 Å². The van der Waals surface area contributed by atoms with Crippen LogP contribution in [0.2, 0.25) is 0 Å². The van der Waals surface area contributed by atoms with Crippen molar-refractivity contribution in [3.8, 4) is 0 Å². The summed E-state index contributed by atoms with van der Waals surface area (Å²) in [7, 11) is 0. The second-order valence-electron chi connectivity index (χ2n) is 2.70. The van der Waals surface area contributed by atoms with Gasteiger partial charge in [0.25, 0.3) is 0 Å². The number of aldehydes is 1. The maximum Gasteiger partial charge on any atom is 0.127 e. The molecule has 2 nitrogen and oxygen atoms in total. The molecule has 0 aromatic heterocycles. The van der Waals surface area contributed by atoms with Crippen molar-refractivity contribution in [2.24, 2.45) is 0 Å². The van der Waals surface area contributed by atoms with Crippen LogP contribution in [0.25, 0.3) is 0 Å². The lowest BCUT2D eigenvalue weighted by molar-refractivity contribution is -0.108. The van der Waals surface area contributed by atoms with Crippen molar-refractivity contribution < 1.29 is 4.79 Å². The summed E-state index contributed by atoms with van der Waals surface area (Å²) in [4.78, 5) is 10.5. The fraction of sp³-hybridized carbons (Fsp3) is 0.222. The summed E-state index contributed by atoms with van der Waals surface area (Å²) in [6.45, 7) is 1.82. The highest BCUT2D eigenvalue weighted by molar-refractivity contribution is 9.10. The molecule has 1 unspecified atom stereocenters. The van der Waals surface area contributed by atoms with Crippen LogP contribution in [0.5, 0.6) is 0 Å². The number of nitrogen functional groups attached to an aromatic ring is 1. The van der Waals surface area contributed by atoms with Crippen molar-refractivity contribution in [3.63, 3.8) is 0 Å². The van der Waals surface area contributed by atoms with E-state index in [4.69, 9.17) is 5.73 Å². The minimum atomic E-state index is -0.137. The number of hydrogen-bond donors (Lipinski definition) is 1. The second kappa shape index (κ2) is 3.72. The average Bonchev–Trinajstić information content (AvgIpc) is 2.08. The van der Waals surface area contributed by atoms with Crippen molar-refractivity contribution in [3.05, 3.63) is 28.2 Å². The van der Waals surface area contributed by atoms with Crippen LogP contribution in [0.15, 0.2) is 22.7 Å². The van der Waals surface area contributed by atoms with E-state index in [9.17, 15) is 4.79 Å². The molecule has 64 valence electrons. The summed E-state index contributed by atoms with van der Waals surface area (Å²) in [5, 5.41) is 0. The minimum Gasteiger partial charge on any atom is -0.398 e. The quantitative estimate of drug-likeness (QED) is 0.623. The highest BCUT2D eigenvalue weighted by Gasteiger charge is 2.07. The van der Waals surface area contributed by atoms with Crippen LogP contribution in [0, 0.1) is 0 Å². The number of halogens is 1. The average molecular weight is 228 g/mol. The normalized spacial score (nSPS) is 12.5. The van der Waals surface area contributed by atoms with E-state index < -0.39 is 0 Å². The van der Waals surface area contributed by atoms with Gasteiger partial charge in [-0.1, -0.05) is 22.9 Å². The molecule has 0 spiro atoms. The Morgan fingerprint density at radius 2 is 2.25 bits per heavy atom. The first kappa shape index (κ1) is 9.26. The van der Waals surface area contributed by atoms with Gasteiger partial charge in [-0.15, -0.1) is 0 Å². The molecule has 0 aliphatic rings. The van der Waals surface area contributed by atoms with Gasteiger partial charge in [0.15, 0.2) is 0 Å². The Labute approximate surface area is 79.9 Å². The van der Waals surface area contributed by atoms with Crippen molar-refractivity contribution in [2.45, 2.75) is 12.8 Å². The number of benzene rings is 1. The third-order valence-corrected chi connectivity index (χ3v) is 2.24. The summed E-state index contributed by atoms with van der Waals surface area (Å²) in [6, 6.07) is 5.52. The van der Waals surface area contributed by atoms with Crippen LogP contribution in [0.4, 0.5) is 5.69 Å². The fourth-order valence-electron chi connectivity index (χ4n) is 1.01. The van der Waals surface area contributed by atoms with Crippen LogP contribution >= 0.6 is 15.9 Å². The van der Waals surface area contributed by atoms with Gasteiger partial charge in [-0.2, -0.15) is 0 Å². The third-order valence-electron chi connectivity index (χ3n) is 1.74. The molecule has 3 heteroatoms. The summed E-state index contributed by atoms with van der Waals surface area (Å²) >= 11 is 3.32. The van der Waals surface area contributed by atoms with Crippen LogP contribution in [0.1, 0.15) is 18.4 Å². The summed E-state index contributed by atoms with van der Waals surface area (Å²) in [5.41, 5.74) is 7.23. The van der Waals surface area contributed by atoms with Gasteiger partial charge in [-0.25, -0.2) is 0 Å². The molecule has 0 radical (unpaired) electrons. The summed E-state index contributed by atoms with van der Waals surface area (Å²) in [5.74, 6) is -0.137. The number of nitrogens with two attached hydrogens (primary N) is 1. The minimum absolute atomic E-state index is 0.137. The largest absolute Gasteiger partial charge is 0.398 e. The van der Waals surface area contributed by atoms with Crippen molar-refractivity contribution in [1.29, 1.82) is 0 Å². The van der Waals surface area contributed by atoms with Gasteiger partial charge in [-0.3, -0.25) is 0 Å². The molecule has 1 aromatic carbocycles. The number of rotatable bonds is 2. The molecule has 1 aromatic rings. The lowest BCUT2D eigenvalue weighted by Gasteiger charge is -2.07. The number of carbonyl (C=O) groups is 1. The molecule has 0 amide bonds. The maximum absolute atomic E-state index is 10.5. The first-order valence-electron chi connectivity index (χ1n) is 3.65. The number of carbonyl (C=O) groups excluding carboxylic acids is 1. The van der Waals surface area contributed by atoms with Gasteiger partial charge in [0, 0.05) is 16.1 Å². The number of anilines is 1. The zero-order valence-electron chi connectivity index (χ0n) is 6.75. The van der Waals surface area contributed by atoms with Gasteiger partial charge in [0.05, 0.1) is 0 Å². The van der Waals surface area contributed by atoms with E-state index in [0.29, 0.717) is 5.69 Å². The Kier molecular flexibility index (Phi) is 2.87. The predicted octanol–water partition coefficient (Wildman–Crippen LogP) is 2.33. The SMILES string of the molecule is CC(C=O)c1cc(Br)ccc1N. The Morgan fingerprint density at radius 3 is 2.83 bits per heavy atom. The topological polar surface area (TPSA) is 43.1 Å². The van der Waals surface area contributed by atoms with Crippen LogP contribution in [0.3, 0.4) is 0 Å². The monoisotopic (exact) mass is 227 g/mol. The Hall–Kier alpha value is -0.830.